The Hall–Kier alpha value is -1.08. The molecule has 2 aliphatic rings. The number of nitrogens with zero attached hydrogens (tertiary/aromatic N) is 2. The summed E-state index contributed by atoms with van der Waals surface area (Å²) in [5.41, 5.74) is 0. The first-order valence-corrected chi connectivity index (χ1v) is 7.04. The van der Waals surface area contributed by atoms with E-state index in [2.05, 4.69) is 6.92 Å². The minimum atomic E-state index is -0.834. The van der Waals surface area contributed by atoms with E-state index in [1.807, 2.05) is 0 Å². The molecular formula is C13H23BN2O4. The Morgan fingerprint density at radius 2 is 1.45 bits per heavy atom. The molecule has 1 aliphatic heterocycles. The van der Waals surface area contributed by atoms with Crippen LogP contribution < -0.4 is 0 Å². The third-order valence-corrected chi connectivity index (χ3v) is 4.01. The molecule has 0 spiro atoms. The van der Waals surface area contributed by atoms with Crippen molar-refractivity contribution in [3.05, 3.63) is 0 Å². The Morgan fingerprint density at radius 3 is 1.75 bits per heavy atom. The molecule has 2 rings (SSSR count). The average Bonchev–Trinajstić information content (AvgIpc) is 2.90. The van der Waals surface area contributed by atoms with Crippen LogP contribution in [0.2, 0.25) is 6.32 Å². The van der Waals surface area contributed by atoms with Gasteiger partial charge in [-0.15, -0.1) is 0 Å². The van der Waals surface area contributed by atoms with E-state index in [0.29, 0.717) is 11.8 Å². The molecule has 2 amide bonds. The van der Waals surface area contributed by atoms with E-state index >= 15 is 0 Å². The van der Waals surface area contributed by atoms with Gasteiger partial charge in [0.25, 0.3) is 11.8 Å². The third kappa shape index (κ3) is 3.15. The summed E-state index contributed by atoms with van der Waals surface area (Å²) in [6, 6.07) is 0. The van der Waals surface area contributed by atoms with Crippen LogP contribution in [-0.4, -0.2) is 69.1 Å². The van der Waals surface area contributed by atoms with E-state index in [1.54, 1.807) is 28.2 Å². The number of likely N-dealkylation sites (N-methyl/N-ethyl adjacent to an activating group) is 2. The van der Waals surface area contributed by atoms with Crippen LogP contribution in [-0.2, 0) is 18.9 Å². The fourth-order valence-corrected chi connectivity index (χ4v) is 2.47. The summed E-state index contributed by atoms with van der Waals surface area (Å²) >= 11 is 0. The zero-order chi connectivity index (χ0) is 15.0. The zero-order valence-electron chi connectivity index (χ0n) is 12.8. The number of hydrogen-bond acceptors (Lipinski definition) is 4. The van der Waals surface area contributed by atoms with Crippen LogP contribution in [0.25, 0.3) is 0 Å². The van der Waals surface area contributed by atoms with Gasteiger partial charge in [0.05, 0.1) is 0 Å². The Labute approximate surface area is 120 Å². The number of rotatable bonds is 4. The zero-order valence-corrected chi connectivity index (χ0v) is 12.8. The molecule has 1 aliphatic carbocycles. The highest BCUT2D eigenvalue weighted by atomic mass is 16.7. The van der Waals surface area contributed by atoms with Gasteiger partial charge in [0.15, 0.2) is 12.2 Å². The van der Waals surface area contributed by atoms with Gasteiger partial charge < -0.3 is 19.1 Å². The van der Waals surface area contributed by atoms with Crippen molar-refractivity contribution < 1.29 is 18.9 Å². The quantitative estimate of drug-likeness (QED) is 0.686. The van der Waals surface area contributed by atoms with E-state index in [1.165, 1.54) is 16.2 Å². The Kier molecular flexibility index (Phi) is 4.39. The minimum Gasteiger partial charge on any atom is -0.397 e. The predicted molar refractivity (Wildman–Crippen MR) is 75.0 cm³/mol. The Morgan fingerprint density at radius 1 is 1.05 bits per heavy atom. The first-order chi connectivity index (χ1) is 9.31. The first-order valence-electron chi connectivity index (χ1n) is 7.04. The highest BCUT2D eigenvalue weighted by Crippen LogP contribution is 2.43. The normalized spacial score (nSPS) is 32.1. The molecule has 0 aromatic carbocycles. The van der Waals surface area contributed by atoms with Gasteiger partial charge in [0.2, 0.25) is 0 Å². The molecular weight excluding hydrogens is 259 g/mol. The summed E-state index contributed by atoms with van der Waals surface area (Å²) in [7, 11) is 6.16. The van der Waals surface area contributed by atoms with E-state index in [0.717, 1.165) is 6.32 Å². The SMILES string of the molecule is C[C@@H]1C[C@H]1CB1O[C@@H](C(=O)N(C)C)[C@H](C(=O)N(C)C)O1. The smallest absolute Gasteiger partial charge is 0.397 e. The molecule has 0 aromatic rings. The molecule has 1 saturated heterocycles. The lowest BCUT2D eigenvalue weighted by molar-refractivity contribution is -0.146. The topological polar surface area (TPSA) is 59.1 Å². The average molecular weight is 282 g/mol. The van der Waals surface area contributed by atoms with Crippen LogP contribution in [0, 0.1) is 11.8 Å². The van der Waals surface area contributed by atoms with Gasteiger partial charge in [-0.3, -0.25) is 9.59 Å². The van der Waals surface area contributed by atoms with Crippen molar-refractivity contribution in [1.82, 2.24) is 9.80 Å². The molecule has 0 radical (unpaired) electrons. The lowest BCUT2D eigenvalue weighted by Gasteiger charge is -2.22. The molecule has 0 unspecified atom stereocenters. The monoisotopic (exact) mass is 282 g/mol. The van der Waals surface area contributed by atoms with Crippen LogP contribution in [0.3, 0.4) is 0 Å². The number of carbonyl (C=O) groups excluding carboxylic acids is 2. The molecule has 0 aromatic heterocycles. The number of carbonyl (C=O) groups is 2. The second-order valence-corrected chi connectivity index (χ2v) is 6.22. The second-order valence-electron chi connectivity index (χ2n) is 6.22. The summed E-state index contributed by atoms with van der Waals surface area (Å²) < 4.78 is 11.4. The summed E-state index contributed by atoms with van der Waals surface area (Å²) in [6.07, 6.45) is 0.259. The standard InChI is InChI=1S/C13H23BN2O4/c1-8-6-9(8)7-14-19-10(12(17)15(2)3)11(20-14)13(18)16(4)5/h8-11H,6-7H2,1-5H3/t8-,9+,10-,11-/m1/s1. The summed E-state index contributed by atoms with van der Waals surface area (Å²) in [5.74, 6) is 0.824. The van der Waals surface area contributed by atoms with Crippen LogP contribution in [0.4, 0.5) is 0 Å². The van der Waals surface area contributed by atoms with E-state index in [9.17, 15) is 9.59 Å². The van der Waals surface area contributed by atoms with E-state index in [4.69, 9.17) is 9.31 Å². The Balaban J connectivity index is 2.05. The highest BCUT2D eigenvalue weighted by molar-refractivity contribution is 6.46. The van der Waals surface area contributed by atoms with Gasteiger partial charge in [-0.2, -0.15) is 0 Å². The van der Waals surface area contributed by atoms with Gasteiger partial charge in [-0.05, 0) is 24.6 Å². The van der Waals surface area contributed by atoms with Gasteiger partial charge in [-0.1, -0.05) is 6.92 Å². The summed E-state index contributed by atoms with van der Waals surface area (Å²) in [6.45, 7) is 2.19. The molecule has 2 fully saturated rings. The van der Waals surface area contributed by atoms with E-state index < -0.39 is 19.3 Å². The summed E-state index contributed by atoms with van der Waals surface area (Å²) in [4.78, 5) is 27.2. The van der Waals surface area contributed by atoms with Crippen molar-refractivity contribution in [2.24, 2.45) is 11.8 Å². The molecule has 7 heteroatoms. The highest BCUT2D eigenvalue weighted by Gasteiger charge is 2.50. The van der Waals surface area contributed by atoms with Crippen molar-refractivity contribution >= 4 is 18.9 Å². The minimum absolute atomic E-state index is 0.225. The van der Waals surface area contributed by atoms with Crippen LogP contribution in [0.15, 0.2) is 0 Å². The summed E-state index contributed by atoms with van der Waals surface area (Å²) in [5, 5.41) is 0. The third-order valence-electron chi connectivity index (χ3n) is 4.01. The lowest BCUT2D eigenvalue weighted by atomic mass is 9.82. The molecule has 1 saturated carbocycles. The maximum absolute atomic E-state index is 12.1. The van der Waals surface area contributed by atoms with Crippen LogP contribution >= 0.6 is 0 Å². The molecule has 0 N–H and O–H groups in total. The molecule has 20 heavy (non-hydrogen) atoms. The number of hydrogen-bond donors (Lipinski definition) is 0. The fourth-order valence-electron chi connectivity index (χ4n) is 2.47. The van der Waals surface area contributed by atoms with Crippen LogP contribution in [0.1, 0.15) is 13.3 Å². The molecule has 4 atom stereocenters. The van der Waals surface area contributed by atoms with Crippen molar-refractivity contribution in [1.29, 1.82) is 0 Å². The predicted octanol–water partition coefficient (Wildman–Crippen LogP) is 0.0910. The second kappa shape index (κ2) is 5.73. The molecule has 0 bridgehead atoms. The van der Waals surface area contributed by atoms with Crippen molar-refractivity contribution in [2.45, 2.75) is 31.9 Å². The van der Waals surface area contributed by atoms with Crippen molar-refractivity contribution in [2.75, 3.05) is 28.2 Å². The molecule has 6 nitrogen and oxygen atoms in total. The van der Waals surface area contributed by atoms with Crippen molar-refractivity contribution in [3.8, 4) is 0 Å². The van der Waals surface area contributed by atoms with Gasteiger partial charge in [0.1, 0.15) is 0 Å². The van der Waals surface area contributed by atoms with Gasteiger partial charge in [0, 0.05) is 28.2 Å². The molecule has 1 heterocycles. The fraction of sp³-hybridized carbons (Fsp3) is 0.846. The maximum atomic E-state index is 12.1. The van der Waals surface area contributed by atoms with Gasteiger partial charge in [-0.25, -0.2) is 0 Å². The lowest BCUT2D eigenvalue weighted by Crippen LogP contribution is -2.47. The Bertz CT molecular complexity index is 374. The van der Waals surface area contributed by atoms with Crippen molar-refractivity contribution in [3.63, 3.8) is 0 Å². The van der Waals surface area contributed by atoms with Gasteiger partial charge >= 0.3 is 7.12 Å². The largest absolute Gasteiger partial charge is 0.458 e. The number of amides is 2. The van der Waals surface area contributed by atoms with Crippen LogP contribution in [0.5, 0.6) is 0 Å². The molecule has 112 valence electrons. The maximum Gasteiger partial charge on any atom is 0.458 e. The van der Waals surface area contributed by atoms with E-state index in [-0.39, 0.29) is 11.8 Å². The first kappa shape index (κ1) is 15.3.